The van der Waals surface area contributed by atoms with Gasteiger partial charge in [-0.3, -0.25) is 4.79 Å². The molecule has 1 heteroatoms. The summed E-state index contributed by atoms with van der Waals surface area (Å²) in [6, 6.07) is 0. The minimum absolute atomic E-state index is 0.220. The quantitative estimate of drug-likeness (QED) is 0.481. The third kappa shape index (κ3) is 9.96. The highest BCUT2D eigenvalue weighted by molar-refractivity contribution is 5.58. The number of carbonyl (C=O) groups excluding carboxylic acids is 1. The van der Waals surface area contributed by atoms with Crippen LogP contribution in [-0.2, 0) is 4.79 Å². The summed E-state index contributed by atoms with van der Waals surface area (Å²) < 4.78 is 0. The summed E-state index contributed by atoms with van der Waals surface area (Å²) in [6.45, 7) is 6.19. The molecule has 0 amide bonds. The minimum Gasteiger partial charge on any atom is -0.290 e. The Bertz CT molecular complexity index is 149. The summed E-state index contributed by atoms with van der Waals surface area (Å²) >= 11 is 0. The van der Waals surface area contributed by atoms with E-state index in [-0.39, 0.29) is 5.41 Å². The first-order chi connectivity index (χ1) is 7.12. The molecule has 1 radical (unpaired) electrons. The lowest BCUT2D eigenvalue weighted by Gasteiger charge is -2.14. The van der Waals surface area contributed by atoms with Crippen molar-refractivity contribution >= 4 is 6.29 Å². The lowest BCUT2D eigenvalue weighted by atomic mass is 9.88. The van der Waals surface area contributed by atoms with Gasteiger partial charge in [-0.05, 0) is 6.42 Å². The van der Waals surface area contributed by atoms with E-state index in [0.717, 1.165) is 6.42 Å². The van der Waals surface area contributed by atoms with Gasteiger partial charge in [0.25, 0.3) is 0 Å². The molecular formula is C14H27O. The molecule has 0 bridgehead atoms. The van der Waals surface area contributed by atoms with E-state index in [1.807, 2.05) is 13.8 Å². The Morgan fingerprint density at radius 1 is 0.867 bits per heavy atom. The summed E-state index contributed by atoms with van der Waals surface area (Å²) in [7, 11) is 0. The zero-order valence-corrected chi connectivity index (χ0v) is 10.8. The first-order valence-corrected chi connectivity index (χ1v) is 6.51. The summed E-state index contributed by atoms with van der Waals surface area (Å²) in [5, 5.41) is 0. The molecule has 0 atom stereocenters. The van der Waals surface area contributed by atoms with E-state index in [0.29, 0.717) is 0 Å². The summed E-state index contributed by atoms with van der Waals surface area (Å²) in [4.78, 5) is 10.5. The van der Waals surface area contributed by atoms with E-state index >= 15 is 0 Å². The standard InChI is InChI=1S/C14H27O/c1-4-5-6-7-8-9-10-11-12-14(2,3)13-15/h4-12H2,1-3H3. The van der Waals surface area contributed by atoms with Crippen LogP contribution in [0.1, 0.15) is 78.6 Å². The molecule has 0 unspecified atom stereocenters. The number of unbranched alkanes of at least 4 members (excludes halogenated alkanes) is 7. The van der Waals surface area contributed by atoms with Gasteiger partial charge in [-0.15, -0.1) is 0 Å². The average Bonchev–Trinajstić information content (AvgIpc) is 2.22. The second-order valence-electron chi connectivity index (χ2n) is 5.21. The molecule has 0 aliphatic carbocycles. The third-order valence-corrected chi connectivity index (χ3v) is 2.93. The van der Waals surface area contributed by atoms with Crippen LogP contribution in [0.3, 0.4) is 0 Å². The van der Waals surface area contributed by atoms with Crippen molar-refractivity contribution < 1.29 is 4.79 Å². The first-order valence-electron chi connectivity index (χ1n) is 6.51. The SMILES string of the molecule is CCCCCCCCCCC(C)(C)[C]=O. The fourth-order valence-corrected chi connectivity index (χ4v) is 1.75. The lowest BCUT2D eigenvalue weighted by Crippen LogP contribution is -2.12. The molecule has 89 valence electrons. The molecule has 0 aromatic heterocycles. The maximum Gasteiger partial charge on any atom is 0.204 e. The van der Waals surface area contributed by atoms with Crippen molar-refractivity contribution in [2.75, 3.05) is 0 Å². The Kier molecular flexibility index (Phi) is 8.74. The molecule has 15 heavy (non-hydrogen) atoms. The second kappa shape index (κ2) is 8.94. The van der Waals surface area contributed by atoms with E-state index in [1.165, 1.54) is 51.4 Å². The van der Waals surface area contributed by atoms with Crippen molar-refractivity contribution in [3.05, 3.63) is 0 Å². The molecule has 0 saturated carbocycles. The molecular weight excluding hydrogens is 184 g/mol. The van der Waals surface area contributed by atoms with Crippen molar-refractivity contribution in [3.8, 4) is 0 Å². The Balaban J connectivity index is 3.15. The predicted molar refractivity (Wildman–Crippen MR) is 66.7 cm³/mol. The molecule has 0 aromatic carbocycles. The predicted octanol–water partition coefficient (Wildman–Crippen LogP) is 4.65. The molecule has 1 nitrogen and oxygen atoms in total. The normalized spacial score (nSPS) is 11.7. The van der Waals surface area contributed by atoms with Crippen LogP contribution in [0, 0.1) is 5.41 Å². The van der Waals surface area contributed by atoms with Crippen LogP contribution < -0.4 is 0 Å². The van der Waals surface area contributed by atoms with Gasteiger partial charge in [-0.25, -0.2) is 0 Å². The Labute approximate surface area is 95.6 Å². The van der Waals surface area contributed by atoms with Gasteiger partial charge >= 0.3 is 0 Å². The molecule has 0 spiro atoms. The molecule has 0 heterocycles. The summed E-state index contributed by atoms with van der Waals surface area (Å²) in [6.07, 6.45) is 13.7. The number of rotatable bonds is 10. The van der Waals surface area contributed by atoms with E-state index in [4.69, 9.17) is 0 Å². The van der Waals surface area contributed by atoms with Crippen LogP contribution in [0.2, 0.25) is 0 Å². The third-order valence-electron chi connectivity index (χ3n) is 2.93. The highest BCUT2D eigenvalue weighted by atomic mass is 16.1. The maximum absolute atomic E-state index is 10.5. The molecule has 0 rings (SSSR count). The van der Waals surface area contributed by atoms with Crippen molar-refractivity contribution in [2.45, 2.75) is 78.6 Å². The zero-order valence-electron chi connectivity index (χ0n) is 10.8. The molecule has 0 saturated heterocycles. The number of hydrogen-bond acceptors (Lipinski definition) is 1. The molecule has 0 aliphatic rings. The fraction of sp³-hybridized carbons (Fsp3) is 0.929. The van der Waals surface area contributed by atoms with Crippen LogP contribution >= 0.6 is 0 Å². The Hall–Kier alpha value is -0.330. The Morgan fingerprint density at radius 3 is 1.80 bits per heavy atom. The van der Waals surface area contributed by atoms with Gasteiger partial charge in [0.15, 0.2) is 0 Å². The van der Waals surface area contributed by atoms with Gasteiger partial charge in [-0.1, -0.05) is 72.1 Å². The summed E-state index contributed by atoms with van der Waals surface area (Å²) in [5.74, 6) is 0. The second-order valence-corrected chi connectivity index (χ2v) is 5.21. The monoisotopic (exact) mass is 211 g/mol. The zero-order chi connectivity index (χ0) is 11.6. The molecule has 0 fully saturated rings. The van der Waals surface area contributed by atoms with Crippen molar-refractivity contribution in [2.24, 2.45) is 5.41 Å². The van der Waals surface area contributed by atoms with Gasteiger partial charge in [0.05, 0.1) is 0 Å². The van der Waals surface area contributed by atoms with Crippen LogP contribution in [-0.4, -0.2) is 6.29 Å². The Morgan fingerprint density at radius 2 is 1.33 bits per heavy atom. The van der Waals surface area contributed by atoms with Crippen LogP contribution in [0.4, 0.5) is 0 Å². The highest BCUT2D eigenvalue weighted by Gasteiger charge is 2.16. The smallest absolute Gasteiger partial charge is 0.204 e. The molecule has 0 aliphatic heterocycles. The lowest BCUT2D eigenvalue weighted by molar-refractivity contribution is 0.403. The van der Waals surface area contributed by atoms with Crippen molar-refractivity contribution in [1.82, 2.24) is 0 Å². The van der Waals surface area contributed by atoms with Crippen molar-refractivity contribution in [1.29, 1.82) is 0 Å². The van der Waals surface area contributed by atoms with E-state index in [2.05, 4.69) is 13.2 Å². The van der Waals surface area contributed by atoms with Crippen LogP contribution in [0.15, 0.2) is 0 Å². The van der Waals surface area contributed by atoms with Crippen LogP contribution in [0.25, 0.3) is 0 Å². The van der Waals surface area contributed by atoms with E-state index < -0.39 is 0 Å². The van der Waals surface area contributed by atoms with Gasteiger partial charge < -0.3 is 0 Å². The van der Waals surface area contributed by atoms with Gasteiger partial charge in [-0.2, -0.15) is 0 Å². The maximum atomic E-state index is 10.5. The van der Waals surface area contributed by atoms with Gasteiger partial charge in [0.2, 0.25) is 6.29 Å². The molecule has 0 N–H and O–H groups in total. The largest absolute Gasteiger partial charge is 0.290 e. The van der Waals surface area contributed by atoms with Gasteiger partial charge in [0, 0.05) is 5.41 Å². The summed E-state index contributed by atoms with van der Waals surface area (Å²) in [5.41, 5.74) is -0.220. The van der Waals surface area contributed by atoms with Crippen LogP contribution in [0.5, 0.6) is 0 Å². The van der Waals surface area contributed by atoms with Crippen molar-refractivity contribution in [3.63, 3.8) is 0 Å². The topological polar surface area (TPSA) is 17.1 Å². The molecule has 0 aromatic rings. The van der Waals surface area contributed by atoms with Gasteiger partial charge in [0.1, 0.15) is 0 Å². The van der Waals surface area contributed by atoms with E-state index in [1.54, 1.807) is 0 Å². The number of hydrogen-bond donors (Lipinski definition) is 0. The fourth-order valence-electron chi connectivity index (χ4n) is 1.75. The average molecular weight is 211 g/mol. The van der Waals surface area contributed by atoms with E-state index in [9.17, 15) is 4.79 Å². The first kappa shape index (κ1) is 14.7. The highest BCUT2D eigenvalue weighted by Crippen LogP contribution is 2.21. The minimum atomic E-state index is -0.220.